The average molecular weight is 563 g/mol. The Morgan fingerprint density at radius 2 is 1.79 bits per heavy atom. The first-order valence-electron chi connectivity index (χ1n) is 12.8. The van der Waals surface area contributed by atoms with E-state index in [0.717, 1.165) is 12.0 Å². The number of anilines is 1. The van der Waals surface area contributed by atoms with Crippen LogP contribution >= 0.6 is 23.4 Å². The van der Waals surface area contributed by atoms with Gasteiger partial charge in [0.2, 0.25) is 11.8 Å². The van der Waals surface area contributed by atoms with Crippen LogP contribution < -0.4 is 10.2 Å². The monoisotopic (exact) mass is 562 g/mol. The number of nitrogens with one attached hydrogen (secondary N) is 1. The minimum Gasteiger partial charge on any atom is -0.352 e. The van der Waals surface area contributed by atoms with Crippen LogP contribution in [0.5, 0.6) is 0 Å². The predicted molar refractivity (Wildman–Crippen MR) is 155 cm³/mol. The molecule has 0 radical (unpaired) electrons. The molecule has 0 aliphatic carbocycles. The van der Waals surface area contributed by atoms with Gasteiger partial charge in [0.1, 0.15) is 18.2 Å². The van der Waals surface area contributed by atoms with Crippen molar-refractivity contribution in [3.05, 3.63) is 101 Å². The van der Waals surface area contributed by atoms with Crippen molar-refractivity contribution < 1.29 is 14.0 Å². The molecule has 2 atom stereocenters. The Bertz CT molecular complexity index is 1510. The Morgan fingerprint density at radius 1 is 1.10 bits per heavy atom. The van der Waals surface area contributed by atoms with Crippen LogP contribution in [0.25, 0.3) is 16.9 Å². The Labute approximate surface area is 236 Å². The second-order valence-corrected chi connectivity index (χ2v) is 10.9. The number of fused-ring (bicyclic) bond motifs is 1. The molecule has 0 fully saturated rings. The number of carbonyl (C=O) groups is 2. The van der Waals surface area contributed by atoms with Gasteiger partial charge in [0, 0.05) is 22.7 Å². The van der Waals surface area contributed by atoms with Crippen molar-refractivity contribution in [3.8, 4) is 16.9 Å². The van der Waals surface area contributed by atoms with Crippen LogP contribution in [0.15, 0.2) is 78.9 Å². The lowest BCUT2D eigenvalue weighted by molar-refractivity contribution is -0.123. The summed E-state index contributed by atoms with van der Waals surface area (Å²) in [6.45, 7) is 3.69. The fourth-order valence-corrected chi connectivity index (χ4v) is 6.05. The lowest BCUT2D eigenvalue weighted by Gasteiger charge is -2.24. The van der Waals surface area contributed by atoms with Gasteiger partial charge < -0.3 is 5.32 Å². The Kier molecular flexibility index (Phi) is 8.04. The highest BCUT2D eigenvalue weighted by Gasteiger charge is 2.38. The van der Waals surface area contributed by atoms with E-state index in [1.807, 2.05) is 62.4 Å². The molecule has 1 aliphatic heterocycles. The van der Waals surface area contributed by atoms with Gasteiger partial charge >= 0.3 is 0 Å². The lowest BCUT2D eigenvalue weighted by atomic mass is 9.99. The number of hydrogen-bond acceptors (Lipinski definition) is 4. The highest BCUT2D eigenvalue weighted by atomic mass is 35.5. The van der Waals surface area contributed by atoms with Gasteiger partial charge in [-0.3, -0.25) is 14.5 Å². The summed E-state index contributed by atoms with van der Waals surface area (Å²) in [4.78, 5) is 28.3. The number of para-hydroxylation sites is 1. The van der Waals surface area contributed by atoms with Gasteiger partial charge in [0.05, 0.1) is 27.4 Å². The van der Waals surface area contributed by atoms with Crippen LogP contribution in [-0.2, 0) is 9.59 Å². The molecular weight excluding hydrogens is 535 g/mol. The van der Waals surface area contributed by atoms with E-state index in [0.29, 0.717) is 33.3 Å². The van der Waals surface area contributed by atoms with E-state index in [1.54, 1.807) is 28.9 Å². The molecule has 2 heterocycles. The molecule has 1 aromatic heterocycles. The first-order valence-corrected chi connectivity index (χ1v) is 14.2. The van der Waals surface area contributed by atoms with Crippen molar-refractivity contribution >= 4 is 41.0 Å². The summed E-state index contributed by atoms with van der Waals surface area (Å²) in [5.41, 5.74) is 3.04. The van der Waals surface area contributed by atoms with Crippen molar-refractivity contribution in [2.45, 2.75) is 31.6 Å². The predicted octanol–water partition coefficient (Wildman–Crippen LogP) is 6.42. The van der Waals surface area contributed by atoms with Crippen LogP contribution in [-0.4, -0.2) is 39.9 Å². The lowest BCUT2D eigenvalue weighted by Crippen LogP contribution is -2.44. The number of aromatic nitrogens is 2. The van der Waals surface area contributed by atoms with Gasteiger partial charge in [0.25, 0.3) is 0 Å². The maximum Gasteiger partial charge on any atom is 0.240 e. The number of rotatable bonds is 7. The minimum atomic E-state index is -0.556. The third-order valence-corrected chi connectivity index (χ3v) is 8.28. The number of nitrogens with zero attached hydrogens (tertiary/aromatic N) is 3. The Morgan fingerprint density at radius 3 is 2.51 bits per heavy atom. The molecule has 1 N–H and O–H groups in total. The third-order valence-electron chi connectivity index (χ3n) is 6.73. The topological polar surface area (TPSA) is 67.2 Å². The van der Waals surface area contributed by atoms with E-state index < -0.39 is 5.25 Å². The van der Waals surface area contributed by atoms with Crippen LogP contribution in [0.4, 0.5) is 10.2 Å². The maximum absolute atomic E-state index is 15.3. The average Bonchev–Trinajstić information content (AvgIpc) is 3.26. The van der Waals surface area contributed by atoms with Crippen molar-refractivity contribution in [2.75, 3.05) is 17.2 Å². The number of halogens is 2. The summed E-state index contributed by atoms with van der Waals surface area (Å²) in [6, 6.07) is 23.3. The van der Waals surface area contributed by atoms with Crippen molar-refractivity contribution in [3.63, 3.8) is 0 Å². The minimum absolute atomic E-state index is 0.0482. The molecule has 0 unspecified atom stereocenters. The van der Waals surface area contributed by atoms with Crippen molar-refractivity contribution in [1.82, 2.24) is 15.1 Å². The molecule has 39 heavy (non-hydrogen) atoms. The summed E-state index contributed by atoms with van der Waals surface area (Å²) in [5.74, 6) is -0.468. The number of amides is 2. The molecule has 6 nitrogen and oxygen atoms in total. The van der Waals surface area contributed by atoms with E-state index in [-0.39, 0.29) is 36.0 Å². The van der Waals surface area contributed by atoms with Crippen LogP contribution in [0.2, 0.25) is 5.02 Å². The normalized spacial score (nSPS) is 15.9. The Balaban J connectivity index is 1.80. The van der Waals surface area contributed by atoms with Gasteiger partial charge in [-0.05, 0) is 31.5 Å². The molecule has 0 saturated carbocycles. The van der Waals surface area contributed by atoms with Gasteiger partial charge in [0.15, 0.2) is 0 Å². The second-order valence-electron chi connectivity index (χ2n) is 9.38. The van der Waals surface area contributed by atoms with Crippen LogP contribution in [0.1, 0.15) is 36.6 Å². The highest BCUT2D eigenvalue weighted by Crippen LogP contribution is 2.49. The zero-order valence-corrected chi connectivity index (χ0v) is 23.2. The summed E-state index contributed by atoms with van der Waals surface area (Å²) in [5, 5.41) is 7.81. The molecule has 200 valence electrons. The SMILES string of the molecule is CC[C@@H](C)NC(=O)CN1C(=O)CS[C@@H](c2ccccc2F)c2c(-c3ccccc3)nn(-c3ccccc3Cl)c21. The number of carbonyl (C=O) groups excluding carboxylic acids is 2. The molecule has 2 amide bonds. The number of hydrogen-bond donors (Lipinski definition) is 1. The molecule has 5 rings (SSSR count). The summed E-state index contributed by atoms with van der Waals surface area (Å²) >= 11 is 7.97. The quantitative estimate of drug-likeness (QED) is 0.282. The van der Waals surface area contributed by atoms with E-state index >= 15 is 4.39 Å². The molecular formula is C30H28ClFN4O2S. The van der Waals surface area contributed by atoms with E-state index in [9.17, 15) is 9.59 Å². The number of benzene rings is 3. The molecule has 4 aromatic rings. The van der Waals surface area contributed by atoms with E-state index in [2.05, 4.69) is 5.32 Å². The molecule has 0 spiro atoms. The van der Waals surface area contributed by atoms with Crippen molar-refractivity contribution in [1.29, 1.82) is 0 Å². The largest absolute Gasteiger partial charge is 0.352 e. The Hall–Kier alpha value is -3.62. The first kappa shape index (κ1) is 27.0. The zero-order valence-electron chi connectivity index (χ0n) is 21.6. The maximum atomic E-state index is 15.3. The van der Waals surface area contributed by atoms with E-state index in [4.69, 9.17) is 16.7 Å². The van der Waals surface area contributed by atoms with Gasteiger partial charge in [-0.1, -0.05) is 79.2 Å². The molecule has 1 aliphatic rings. The molecule has 0 saturated heterocycles. The van der Waals surface area contributed by atoms with Gasteiger partial charge in [-0.25, -0.2) is 9.07 Å². The highest BCUT2D eigenvalue weighted by molar-refractivity contribution is 8.00. The fourth-order valence-electron chi connectivity index (χ4n) is 4.62. The summed E-state index contributed by atoms with van der Waals surface area (Å²) in [6.07, 6.45) is 0.756. The van der Waals surface area contributed by atoms with E-state index in [1.165, 1.54) is 22.7 Å². The first-order chi connectivity index (χ1) is 18.9. The second kappa shape index (κ2) is 11.6. The zero-order chi connectivity index (χ0) is 27.5. The van der Waals surface area contributed by atoms with Crippen LogP contribution in [0.3, 0.4) is 0 Å². The smallest absolute Gasteiger partial charge is 0.240 e. The molecule has 0 bridgehead atoms. The summed E-state index contributed by atoms with van der Waals surface area (Å²) < 4.78 is 16.9. The standard InChI is InChI=1S/C30H28ClFN4O2S/c1-3-19(2)33-25(37)17-35-26(38)18-39-29(21-13-7-9-15-23(21)32)27-28(20-11-5-4-6-12-20)34-36(30(27)35)24-16-10-8-14-22(24)31/h4-16,19,29H,3,17-18H2,1-2H3,(H,33,37)/t19-,29+/m1/s1. The number of thioether (sulfide) groups is 1. The van der Waals surface area contributed by atoms with Gasteiger partial charge in [-0.15, -0.1) is 11.8 Å². The van der Waals surface area contributed by atoms with Crippen molar-refractivity contribution in [2.24, 2.45) is 0 Å². The third kappa shape index (κ3) is 5.44. The fraction of sp³-hybridized carbons (Fsp3) is 0.233. The molecule has 9 heteroatoms. The van der Waals surface area contributed by atoms with Gasteiger partial charge in [-0.2, -0.15) is 5.10 Å². The summed E-state index contributed by atoms with van der Waals surface area (Å²) in [7, 11) is 0. The molecule has 3 aromatic carbocycles. The van der Waals surface area contributed by atoms with Crippen LogP contribution in [0, 0.1) is 5.82 Å².